The minimum atomic E-state index is -0.609. The second-order valence-electron chi connectivity index (χ2n) is 18.9. The molecule has 0 fully saturated rings. The van der Waals surface area contributed by atoms with Gasteiger partial charge in [-0.1, -0.05) is 95.2 Å². The number of allylic oxidation sites excluding steroid dienone is 2. The van der Waals surface area contributed by atoms with Crippen molar-refractivity contribution >= 4 is 24.1 Å². The van der Waals surface area contributed by atoms with E-state index in [1.807, 2.05) is 65.0 Å². The van der Waals surface area contributed by atoms with Gasteiger partial charge < -0.3 is 47.5 Å². The number of ketones is 1. The van der Waals surface area contributed by atoms with E-state index in [-0.39, 0.29) is 96.1 Å². The average molecular weight is 958 g/mol. The molecule has 2 bridgehead atoms. The maximum absolute atomic E-state index is 13.7. The molecule has 386 valence electrons. The van der Waals surface area contributed by atoms with Gasteiger partial charge in [0, 0.05) is 130 Å². The molecule has 2 heterocycles. The van der Waals surface area contributed by atoms with Gasteiger partial charge in [-0.15, -0.1) is 0 Å². The van der Waals surface area contributed by atoms with E-state index in [1.165, 1.54) is 11.0 Å². The number of hydrogen-bond donors (Lipinski definition) is 0. The van der Waals surface area contributed by atoms with Crippen LogP contribution < -0.4 is 0 Å². The Labute approximate surface area is 408 Å². The molecule has 0 aromatic rings. The Morgan fingerprint density at radius 1 is 0.794 bits per heavy atom. The lowest BCUT2D eigenvalue weighted by molar-refractivity contribution is -0.152. The Morgan fingerprint density at radius 3 is 2.00 bits per heavy atom. The van der Waals surface area contributed by atoms with E-state index in [0.717, 1.165) is 11.1 Å². The van der Waals surface area contributed by atoms with Gasteiger partial charge in [0.15, 0.2) is 0 Å². The fourth-order valence-electron chi connectivity index (χ4n) is 9.37. The summed E-state index contributed by atoms with van der Waals surface area (Å²) in [4.78, 5) is 52.5. The van der Waals surface area contributed by atoms with Crippen LogP contribution in [0.4, 0.5) is 0 Å². The van der Waals surface area contributed by atoms with E-state index in [1.54, 1.807) is 75.2 Å². The Hall–Kier alpha value is -3.76. The van der Waals surface area contributed by atoms with Crippen LogP contribution in [0, 0.1) is 35.5 Å². The minimum Gasteiger partial charge on any atom is -0.458 e. The van der Waals surface area contributed by atoms with Crippen molar-refractivity contribution in [1.29, 1.82) is 0 Å². The van der Waals surface area contributed by atoms with Crippen molar-refractivity contribution in [2.75, 3.05) is 56.8 Å². The molecule has 15 atom stereocenters. The van der Waals surface area contributed by atoms with Crippen molar-refractivity contribution in [3.05, 3.63) is 72.0 Å². The van der Waals surface area contributed by atoms with E-state index >= 15 is 0 Å². The third-order valence-corrected chi connectivity index (χ3v) is 13.9. The van der Waals surface area contributed by atoms with Crippen molar-refractivity contribution in [2.24, 2.45) is 35.5 Å². The number of methoxy groups -OCH3 is 7. The van der Waals surface area contributed by atoms with Crippen LogP contribution in [0.25, 0.3) is 0 Å². The fourth-order valence-corrected chi connectivity index (χ4v) is 9.37. The standard InChI is InChI=1S/C54H87NO13/c1-35-18-16-20-51(58)68-54(41(7)53(66-15)37(3)23-26-46(57)39(5)47(63-12)19-17-27-55(8)34-56)38(4)22-25-43(60-9)32-48(64-13)36(2)21-24-44(61-10)33-49(65-14)40(6)50-30-42(31-52(59)67-50)29-45(28-35)62-11/h16-18,20-22,24-25,27,31,34,36-41,43-45,47-50,53-54H,19,23,26,28-30,32-33H2,1-15H3/b20-16+,24-21+,25-22+,27-17+,35-18+/t36-,37-,38-,39-,40+,41-,43-,44-,45?,47+,48-,49+,50+,53-,54-/m0/s1. The highest BCUT2D eigenvalue weighted by Crippen LogP contribution is 2.33. The molecule has 2 aliphatic heterocycles. The smallest absolute Gasteiger partial charge is 0.331 e. The molecule has 1 amide bonds. The molecular weight excluding hydrogens is 871 g/mol. The number of ether oxygens (including phenoxy) is 9. The number of amides is 1. The Kier molecular flexibility index (Phi) is 28.6. The number of esters is 2. The molecule has 0 N–H and O–H groups in total. The number of hydrogen-bond acceptors (Lipinski definition) is 13. The molecule has 0 saturated heterocycles. The lowest BCUT2D eigenvalue weighted by Gasteiger charge is -2.35. The van der Waals surface area contributed by atoms with Gasteiger partial charge in [-0.3, -0.25) is 9.59 Å². The molecule has 0 spiro atoms. The van der Waals surface area contributed by atoms with Gasteiger partial charge in [0.1, 0.15) is 18.0 Å². The summed E-state index contributed by atoms with van der Waals surface area (Å²) >= 11 is 0. The molecular formula is C54H87NO13. The van der Waals surface area contributed by atoms with Crippen molar-refractivity contribution in [3.8, 4) is 0 Å². The quantitative estimate of drug-likeness (QED) is 0.0691. The first-order chi connectivity index (χ1) is 32.4. The molecule has 14 nitrogen and oxygen atoms in total. The van der Waals surface area contributed by atoms with Gasteiger partial charge in [0.05, 0.1) is 42.7 Å². The third kappa shape index (κ3) is 20.3. The summed E-state index contributed by atoms with van der Waals surface area (Å²) in [7, 11) is 13.3. The van der Waals surface area contributed by atoms with Crippen LogP contribution in [0.15, 0.2) is 72.0 Å². The first kappa shape index (κ1) is 60.4. The Balaban J connectivity index is 2.49. The van der Waals surface area contributed by atoms with Crippen LogP contribution >= 0.6 is 0 Å². The fraction of sp³-hybridized carbons (Fsp3) is 0.704. The molecule has 0 radical (unpaired) electrons. The first-order valence-corrected chi connectivity index (χ1v) is 24.3. The van der Waals surface area contributed by atoms with Crippen molar-refractivity contribution in [1.82, 2.24) is 4.90 Å². The second-order valence-corrected chi connectivity index (χ2v) is 18.9. The third-order valence-electron chi connectivity index (χ3n) is 13.9. The van der Waals surface area contributed by atoms with E-state index < -0.39 is 12.1 Å². The lowest BCUT2D eigenvalue weighted by Crippen LogP contribution is -2.41. The predicted molar refractivity (Wildman–Crippen MR) is 264 cm³/mol. The highest BCUT2D eigenvalue weighted by Gasteiger charge is 2.37. The summed E-state index contributed by atoms with van der Waals surface area (Å²) in [6, 6.07) is 0. The number of nitrogens with zero attached hydrogens (tertiary/aromatic N) is 1. The number of carbonyl (C=O) groups is 4. The van der Waals surface area contributed by atoms with E-state index in [9.17, 15) is 19.2 Å². The SMILES string of the molecule is COC1CC2=CC(=O)O[C@H](C2)[C@H](C)[C@H](OC)C[C@@H](OC)/C=C/[C@H](C)[C@@H](OC)C[C@@H](OC)/C=C/[C@H](C)[C@@H]([C@@H](C)[C@@H](OC)[C@@H](C)CCC(=O)[C@H](C)[C@@H](C/C=C/N(C)C=O)OC)OC(=O)/C=C/C=C(\C)C1. The van der Waals surface area contributed by atoms with Crippen molar-refractivity contribution in [2.45, 2.75) is 155 Å². The minimum absolute atomic E-state index is 0.0107. The molecule has 0 aliphatic carbocycles. The molecule has 68 heavy (non-hydrogen) atoms. The van der Waals surface area contributed by atoms with Gasteiger partial charge >= 0.3 is 11.9 Å². The van der Waals surface area contributed by atoms with Crippen LogP contribution in [0.3, 0.4) is 0 Å². The number of cyclic esters (lactones) is 1. The Bertz CT molecular complexity index is 1700. The number of Topliss-reactive ketones (excluding diaryl/α,β-unsaturated/α-hetero) is 1. The zero-order valence-corrected chi connectivity index (χ0v) is 43.9. The predicted octanol–water partition coefficient (Wildman–Crippen LogP) is 8.59. The molecule has 2 rings (SSSR count). The van der Waals surface area contributed by atoms with Gasteiger partial charge in [-0.25, -0.2) is 9.59 Å². The van der Waals surface area contributed by atoms with Crippen LogP contribution in [-0.2, 0) is 61.8 Å². The van der Waals surface area contributed by atoms with Crippen LogP contribution in [0.2, 0.25) is 0 Å². The summed E-state index contributed by atoms with van der Waals surface area (Å²) in [5, 5.41) is 0. The number of carbonyl (C=O) groups excluding carboxylic acids is 4. The summed E-state index contributed by atoms with van der Waals surface area (Å²) in [5.41, 5.74) is 1.93. The van der Waals surface area contributed by atoms with Gasteiger partial charge in [0.25, 0.3) is 0 Å². The summed E-state index contributed by atoms with van der Waals surface area (Å²) in [6.07, 6.45) is 20.1. The second kappa shape index (κ2) is 32.2. The topological polar surface area (TPSA) is 155 Å². The van der Waals surface area contributed by atoms with Crippen molar-refractivity contribution < 1.29 is 61.8 Å². The summed E-state index contributed by atoms with van der Waals surface area (Å²) in [5.74, 6) is -1.91. The van der Waals surface area contributed by atoms with Crippen LogP contribution in [-0.4, -0.2) is 141 Å². The zero-order chi connectivity index (χ0) is 50.9. The van der Waals surface area contributed by atoms with Crippen LogP contribution in [0.1, 0.15) is 99.8 Å². The lowest BCUT2D eigenvalue weighted by atomic mass is 9.81. The van der Waals surface area contributed by atoms with Gasteiger partial charge in [-0.05, 0) is 38.5 Å². The molecule has 0 aromatic heterocycles. The first-order valence-electron chi connectivity index (χ1n) is 24.3. The van der Waals surface area contributed by atoms with Gasteiger partial charge in [0.2, 0.25) is 6.41 Å². The maximum Gasteiger partial charge on any atom is 0.331 e. The highest BCUT2D eigenvalue weighted by molar-refractivity contribution is 5.84. The molecule has 14 heteroatoms. The van der Waals surface area contributed by atoms with E-state index in [0.29, 0.717) is 57.8 Å². The van der Waals surface area contributed by atoms with Crippen LogP contribution in [0.5, 0.6) is 0 Å². The monoisotopic (exact) mass is 958 g/mol. The largest absolute Gasteiger partial charge is 0.458 e. The normalized spacial score (nSPS) is 31.9. The highest BCUT2D eigenvalue weighted by atomic mass is 16.6. The van der Waals surface area contributed by atoms with Crippen molar-refractivity contribution in [3.63, 3.8) is 0 Å². The Morgan fingerprint density at radius 2 is 1.43 bits per heavy atom. The molecule has 1 unspecified atom stereocenters. The molecule has 0 saturated carbocycles. The molecule has 0 aromatic carbocycles. The summed E-state index contributed by atoms with van der Waals surface area (Å²) in [6.45, 7) is 14.1. The molecule has 2 aliphatic rings. The van der Waals surface area contributed by atoms with E-state index in [2.05, 4.69) is 19.9 Å². The average Bonchev–Trinajstić information content (AvgIpc) is 3.32. The number of fused-ring (bicyclic) bond motifs is 2. The zero-order valence-electron chi connectivity index (χ0n) is 43.9. The van der Waals surface area contributed by atoms with E-state index in [4.69, 9.17) is 42.6 Å². The number of rotatable bonds is 19. The maximum atomic E-state index is 13.7. The summed E-state index contributed by atoms with van der Waals surface area (Å²) < 4.78 is 53.8. The van der Waals surface area contributed by atoms with Gasteiger partial charge in [-0.2, -0.15) is 0 Å².